The highest BCUT2D eigenvalue weighted by atomic mass is 15.3. The molecule has 134 valence electrons. The summed E-state index contributed by atoms with van der Waals surface area (Å²) in [6, 6.07) is 7.08. The summed E-state index contributed by atoms with van der Waals surface area (Å²) in [5.74, 6) is 0. The molecule has 0 amide bonds. The van der Waals surface area contributed by atoms with Gasteiger partial charge in [-0.05, 0) is 44.5 Å². The lowest BCUT2D eigenvalue weighted by Gasteiger charge is -2.36. The van der Waals surface area contributed by atoms with E-state index in [-0.39, 0.29) is 0 Å². The van der Waals surface area contributed by atoms with Crippen molar-refractivity contribution in [3.63, 3.8) is 0 Å². The predicted octanol–water partition coefficient (Wildman–Crippen LogP) is 1.87. The number of anilines is 1. The quantitative estimate of drug-likeness (QED) is 0.921. The van der Waals surface area contributed by atoms with Crippen LogP contribution in [0.15, 0.2) is 24.4 Å². The van der Waals surface area contributed by atoms with Gasteiger partial charge in [-0.25, -0.2) is 0 Å². The number of aromatic nitrogens is 3. The molecule has 0 saturated carbocycles. The predicted molar refractivity (Wildman–Crippen MR) is 99.6 cm³/mol. The maximum absolute atomic E-state index is 4.78. The number of nitrogens with zero attached hydrogens (tertiary/aromatic N) is 5. The van der Waals surface area contributed by atoms with E-state index in [2.05, 4.69) is 45.3 Å². The van der Waals surface area contributed by atoms with Crippen LogP contribution < -0.4 is 10.2 Å². The molecule has 4 heterocycles. The standard InChI is InChI=1S/C19H28N6/c1-15-12-17(13-19(22-15)18-4-3-6-20-18)25-10-8-24(9-11-25)14-16-5-7-21-23(16)2/h5,7,12-13,18,20H,3-4,6,8-11,14H2,1-2H3. The molecule has 0 bridgehead atoms. The molecule has 2 aromatic rings. The summed E-state index contributed by atoms with van der Waals surface area (Å²) < 4.78 is 1.97. The van der Waals surface area contributed by atoms with Gasteiger partial charge < -0.3 is 10.2 Å². The van der Waals surface area contributed by atoms with E-state index >= 15 is 0 Å². The van der Waals surface area contributed by atoms with Gasteiger partial charge in [-0.15, -0.1) is 0 Å². The van der Waals surface area contributed by atoms with Crippen molar-refractivity contribution in [1.82, 2.24) is 25.0 Å². The zero-order valence-corrected chi connectivity index (χ0v) is 15.3. The largest absolute Gasteiger partial charge is 0.369 e. The number of nitrogens with one attached hydrogen (secondary N) is 1. The van der Waals surface area contributed by atoms with E-state index in [1.54, 1.807) is 0 Å². The molecule has 2 aliphatic heterocycles. The van der Waals surface area contributed by atoms with E-state index in [1.165, 1.54) is 29.9 Å². The summed E-state index contributed by atoms with van der Waals surface area (Å²) in [4.78, 5) is 9.80. The van der Waals surface area contributed by atoms with Gasteiger partial charge in [0.05, 0.1) is 11.4 Å². The van der Waals surface area contributed by atoms with Crippen LogP contribution in [0, 0.1) is 6.92 Å². The molecular weight excluding hydrogens is 312 g/mol. The van der Waals surface area contributed by atoms with Crippen LogP contribution in [0.3, 0.4) is 0 Å². The van der Waals surface area contributed by atoms with Gasteiger partial charge in [0, 0.05) is 63.4 Å². The second-order valence-electron chi connectivity index (χ2n) is 7.25. The number of aryl methyl sites for hydroxylation is 2. The van der Waals surface area contributed by atoms with Crippen molar-refractivity contribution < 1.29 is 0 Å². The summed E-state index contributed by atoms with van der Waals surface area (Å²) >= 11 is 0. The minimum Gasteiger partial charge on any atom is -0.369 e. The first kappa shape index (κ1) is 16.5. The fourth-order valence-corrected chi connectivity index (χ4v) is 3.92. The summed E-state index contributed by atoms with van der Waals surface area (Å²) in [6.45, 7) is 8.52. The zero-order valence-electron chi connectivity index (χ0n) is 15.3. The molecule has 25 heavy (non-hydrogen) atoms. The molecular formula is C19H28N6. The molecule has 6 heteroatoms. The smallest absolute Gasteiger partial charge is 0.0596 e. The molecule has 6 nitrogen and oxygen atoms in total. The van der Waals surface area contributed by atoms with Gasteiger partial charge in [0.25, 0.3) is 0 Å². The molecule has 1 unspecified atom stereocenters. The van der Waals surface area contributed by atoms with E-state index < -0.39 is 0 Å². The molecule has 1 atom stereocenters. The van der Waals surface area contributed by atoms with Crippen LogP contribution in [0.1, 0.15) is 36.0 Å². The Bertz CT molecular complexity index is 710. The fourth-order valence-electron chi connectivity index (χ4n) is 3.92. The minimum atomic E-state index is 0.435. The van der Waals surface area contributed by atoms with Gasteiger partial charge >= 0.3 is 0 Å². The van der Waals surface area contributed by atoms with Crippen LogP contribution >= 0.6 is 0 Å². The summed E-state index contributed by atoms with van der Waals surface area (Å²) in [5.41, 5.74) is 4.95. The molecule has 2 aromatic heterocycles. The lowest BCUT2D eigenvalue weighted by atomic mass is 10.1. The Balaban J connectivity index is 1.41. The lowest BCUT2D eigenvalue weighted by molar-refractivity contribution is 0.243. The lowest BCUT2D eigenvalue weighted by Crippen LogP contribution is -2.46. The van der Waals surface area contributed by atoms with E-state index in [9.17, 15) is 0 Å². The molecule has 2 aliphatic rings. The van der Waals surface area contributed by atoms with Crippen molar-refractivity contribution >= 4 is 5.69 Å². The highest BCUT2D eigenvalue weighted by Gasteiger charge is 2.22. The minimum absolute atomic E-state index is 0.435. The van der Waals surface area contributed by atoms with Crippen LogP contribution in [0.4, 0.5) is 5.69 Å². The van der Waals surface area contributed by atoms with Crippen molar-refractivity contribution in [3.05, 3.63) is 41.5 Å². The van der Waals surface area contributed by atoms with E-state index in [0.717, 1.165) is 45.0 Å². The first-order valence-electron chi connectivity index (χ1n) is 9.35. The van der Waals surface area contributed by atoms with Crippen LogP contribution in [0.2, 0.25) is 0 Å². The highest BCUT2D eigenvalue weighted by Crippen LogP contribution is 2.26. The molecule has 0 aliphatic carbocycles. The third-order valence-electron chi connectivity index (χ3n) is 5.42. The maximum Gasteiger partial charge on any atom is 0.0596 e. The van der Waals surface area contributed by atoms with Gasteiger partial charge in [-0.3, -0.25) is 14.6 Å². The van der Waals surface area contributed by atoms with Gasteiger partial charge in [-0.1, -0.05) is 0 Å². The Morgan fingerprint density at radius 3 is 2.72 bits per heavy atom. The van der Waals surface area contributed by atoms with Gasteiger partial charge in [0.15, 0.2) is 0 Å². The monoisotopic (exact) mass is 340 g/mol. The summed E-state index contributed by atoms with van der Waals surface area (Å²) in [6.07, 6.45) is 4.33. The Morgan fingerprint density at radius 2 is 2.04 bits per heavy atom. The van der Waals surface area contributed by atoms with Crippen LogP contribution in [-0.4, -0.2) is 52.4 Å². The average molecular weight is 340 g/mol. The number of pyridine rings is 1. The van der Waals surface area contributed by atoms with Crippen molar-refractivity contribution in [2.45, 2.75) is 32.4 Å². The Kier molecular flexibility index (Phi) is 4.72. The fraction of sp³-hybridized carbons (Fsp3) is 0.579. The van der Waals surface area contributed by atoms with Crippen LogP contribution in [0.5, 0.6) is 0 Å². The van der Waals surface area contributed by atoms with E-state index in [1.807, 2.05) is 17.9 Å². The van der Waals surface area contributed by atoms with Gasteiger partial charge in [0.1, 0.15) is 0 Å². The SMILES string of the molecule is Cc1cc(N2CCN(Cc3ccnn3C)CC2)cc(C2CCCN2)n1. The summed E-state index contributed by atoms with van der Waals surface area (Å²) in [7, 11) is 2.02. The Hall–Kier alpha value is -1.92. The maximum atomic E-state index is 4.78. The second kappa shape index (κ2) is 7.14. The second-order valence-corrected chi connectivity index (χ2v) is 7.25. The Morgan fingerprint density at radius 1 is 1.20 bits per heavy atom. The third-order valence-corrected chi connectivity index (χ3v) is 5.42. The molecule has 0 radical (unpaired) electrons. The molecule has 1 N–H and O–H groups in total. The van der Waals surface area contributed by atoms with Crippen molar-refractivity contribution in [3.8, 4) is 0 Å². The number of piperazine rings is 1. The summed E-state index contributed by atoms with van der Waals surface area (Å²) in [5, 5.41) is 7.84. The number of hydrogen-bond acceptors (Lipinski definition) is 5. The normalized spacial score (nSPS) is 21.8. The first-order valence-corrected chi connectivity index (χ1v) is 9.35. The molecule has 2 fully saturated rings. The van der Waals surface area contributed by atoms with Crippen LogP contribution in [-0.2, 0) is 13.6 Å². The topological polar surface area (TPSA) is 49.2 Å². The van der Waals surface area contributed by atoms with E-state index in [4.69, 9.17) is 4.98 Å². The number of rotatable bonds is 4. The molecule has 0 aromatic carbocycles. The van der Waals surface area contributed by atoms with Gasteiger partial charge in [-0.2, -0.15) is 5.10 Å². The van der Waals surface area contributed by atoms with Gasteiger partial charge in [0.2, 0.25) is 0 Å². The first-order chi connectivity index (χ1) is 12.2. The van der Waals surface area contributed by atoms with Crippen molar-refractivity contribution in [2.24, 2.45) is 7.05 Å². The Labute approximate surface area is 149 Å². The van der Waals surface area contributed by atoms with Crippen molar-refractivity contribution in [1.29, 1.82) is 0 Å². The molecule has 2 saturated heterocycles. The highest BCUT2D eigenvalue weighted by molar-refractivity contribution is 5.49. The number of hydrogen-bond donors (Lipinski definition) is 1. The van der Waals surface area contributed by atoms with E-state index in [0.29, 0.717) is 6.04 Å². The molecule has 0 spiro atoms. The average Bonchev–Trinajstić information content (AvgIpc) is 3.28. The third kappa shape index (κ3) is 3.70. The van der Waals surface area contributed by atoms with Crippen molar-refractivity contribution in [2.75, 3.05) is 37.6 Å². The van der Waals surface area contributed by atoms with Crippen LogP contribution in [0.25, 0.3) is 0 Å². The zero-order chi connectivity index (χ0) is 17.2. The molecule has 4 rings (SSSR count).